The van der Waals surface area contributed by atoms with E-state index in [1.165, 1.54) is 5.56 Å². The average molecular weight is 365 g/mol. The maximum Gasteiger partial charge on any atom is 0.161 e. The Morgan fingerprint density at radius 3 is 2.50 bits per heavy atom. The lowest BCUT2D eigenvalue weighted by Gasteiger charge is -2.12. The lowest BCUT2D eigenvalue weighted by Crippen LogP contribution is -1.99. The molecule has 0 bridgehead atoms. The Kier molecular flexibility index (Phi) is 4.75. The molecular formula is C20H19N3O2S. The van der Waals surface area contributed by atoms with Crippen molar-refractivity contribution in [3.8, 4) is 22.9 Å². The summed E-state index contributed by atoms with van der Waals surface area (Å²) in [4.78, 5) is 14.8. The van der Waals surface area contributed by atoms with Gasteiger partial charge in [-0.2, -0.15) is 0 Å². The molecule has 0 atom stereocenters. The third kappa shape index (κ3) is 3.24. The lowest BCUT2D eigenvalue weighted by atomic mass is 10.2. The van der Waals surface area contributed by atoms with Gasteiger partial charge in [0.1, 0.15) is 5.03 Å². The first-order chi connectivity index (χ1) is 12.8. The molecule has 132 valence electrons. The van der Waals surface area contributed by atoms with Gasteiger partial charge in [-0.1, -0.05) is 11.8 Å². The van der Waals surface area contributed by atoms with Gasteiger partial charge in [0, 0.05) is 34.1 Å². The lowest BCUT2D eigenvalue weighted by molar-refractivity contribution is 0.354. The fourth-order valence-electron chi connectivity index (χ4n) is 3.10. The van der Waals surface area contributed by atoms with Gasteiger partial charge in [0.25, 0.3) is 0 Å². The Hall–Kier alpha value is -2.60. The van der Waals surface area contributed by atoms with E-state index < -0.39 is 0 Å². The monoisotopic (exact) mass is 365 g/mol. The molecule has 1 aliphatic carbocycles. The van der Waals surface area contributed by atoms with E-state index in [4.69, 9.17) is 19.4 Å². The molecule has 0 aliphatic heterocycles. The average Bonchev–Trinajstić information content (AvgIpc) is 3.17. The molecule has 0 fully saturated rings. The van der Waals surface area contributed by atoms with Crippen LogP contribution in [0.5, 0.6) is 11.5 Å². The van der Waals surface area contributed by atoms with E-state index in [9.17, 15) is 0 Å². The SMILES string of the molecule is COc1ccc(Sc2nc(-c3ccncc3)nc3c2CCC3)cc1OC. The zero-order valence-corrected chi connectivity index (χ0v) is 15.5. The Labute approximate surface area is 156 Å². The fraction of sp³-hybridized carbons (Fsp3) is 0.250. The number of methoxy groups -OCH3 is 2. The number of fused-ring (bicyclic) bond motifs is 1. The van der Waals surface area contributed by atoms with Crippen LogP contribution < -0.4 is 9.47 Å². The molecule has 0 radical (unpaired) electrons. The highest BCUT2D eigenvalue weighted by molar-refractivity contribution is 7.99. The van der Waals surface area contributed by atoms with Gasteiger partial charge in [-0.05, 0) is 49.6 Å². The minimum Gasteiger partial charge on any atom is -0.493 e. The maximum absolute atomic E-state index is 5.42. The van der Waals surface area contributed by atoms with E-state index in [0.717, 1.165) is 57.8 Å². The van der Waals surface area contributed by atoms with Crippen molar-refractivity contribution in [3.63, 3.8) is 0 Å². The van der Waals surface area contributed by atoms with Crippen molar-refractivity contribution in [3.05, 3.63) is 54.0 Å². The van der Waals surface area contributed by atoms with Crippen molar-refractivity contribution >= 4 is 11.8 Å². The molecule has 3 aromatic rings. The molecule has 0 unspecified atom stereocenters. The number of nitrogens with zero attached hydrogens (tertiary/aromatic N) is 3. The summed E-state index contributed by atoms with van der Waals surface area (Å²) in [6.07, 6.45) is 6.71. The van der Waals surface area contributed by atoms with E-state index in [1.807, 2.05) is 30.3 Å². The van der Waals surface area contributed by atoms with Crippen LogP contribution in [0.15, 0.2) is 52.6 Å². The van der Waals surface area contributed by atoms with Crippen LogP contribution in [-0.2, 0) is 12.8 Å². The number of aryl methyl sites for hydroxylation is 1. The van der Waals surface area contributed by atoms with Crippen molar-refractivity contribution in [1.82, 2.24) is 15.0 Å². The number of aromatic nitrogens is 3. The van der Waals surface area contributed by atoms with E-state index in [0.29, 0.717) is 0 Å². The van der Waals surface area contributed by atoms with Gasteiger partial charge in [-0.3, -0.25) is 4.98 Å². The largest absolute Gasteiger partial charge is 0.493 e. The smallest absolute Gasteiger partial charge is 0.161 e. The number of hydrogen-bond donors (Lipinski definition) is 0. The maximum atomic E-state index is 5.42. The van der Waals surface area contributed by atoms with Crippen LogP contribution in [0, 0.1) is 0 Å². The highest BCUT2D eigenvalue weighted by Gasteiger charge is 2.21. The van der Waals surface area contributed by atoms with Crippen molar-refractivity contribution in [2.45, 2.75) is 29.2 Å². The second kappa shape index (κ2) is 7.33. The molecule has 6 heteroatoms. The molecule has 26 heavy (non-hydrogen) atoms. The molecule has 0 saturated heterocycles. The summed E-state index contributed by atoms with van der Waals surface area (Å²) in [7, 11) is 3.29. The number of rotatable bonds is 5. The van der Waals surface area contributed by atoms with Crippen LogP contribution in [0.2, 0.25) is 0 Å². The zero-order valence-electron chi connectivity index (χ0n) is 14.7. The summed E-state index contributed by atoms with van der Waals surface area (Å²) >= 11 is 1.65. The standard InChI is InChI=1S/C20H19N3O2S/c1-24-17-7-6-14(12-18(17)25-2)26-20-15-4-3-5-16(15)22-19(23-20)13-8-10-21-11-9-13/h6-12H,3-5H2,1-2H3. The predicted molar refractivity (Wildman–Crippen MR) is 101 cm³/mol. The topological polar surface area (TPSA) is 57.1 Å². The normalized spacial score (nSPS) is 12.7. The van der Waals surface area contributed by atoms with Gasteiger partial charge in [-0.25, -0.2) is 9.97 Å². The predicted octanol–water partition coefficient (Wildman–Crippen LogP) is 4.20. The first-order valence-corrected chi connectivity index (χ1v) is 9.30. The highest BCUT2D eigenvalue weighted by Crippen LogP contribution is 2.38. The Morgan fingerprint density at radius 1 is 0.923 bits per heavy atom. The molecule has 0 spiro atoms. The third-order valence-corrected chi connectivity index (χ3v) is 5.42. The van der Waals surface area contributed by atoms with Gasteiger partial charge in [0.15, 0.2) is 17.3 Å². The number of ether oxygens (including phenoxy) is 2. The minimum absolute atomic E-state index is 0.720. The molecule has 5 nitrogen and oxygen atoms in total. The van der Waals surface area contributed by atoms with E-state index in [1.54, 1.807) is 38.4 Å². The van der Waals surface area contributed by atoms with Gasteiger partial charge < -0.3 is 9.47 Å². The zero-order chi connectivity index (χ0) is 17.9. The minimum atomic E-state index is 0.720. The van der Waals surface area contributed by atoms with Crippen molar-refractivity contribution in [2.75, 3.05) is 14.2 Å². The quantitative estimate of drug-likeness (QED) is 0.632. The molecule has 1 aliphatic rings. The number of hydrogen-bond acceptors (Lipinski definition) is 6. The third-order valence-electron chi connectivity index (χ3n) is 4.40. The van der Waals surface area contributed by atoms with Gasteiger partial charge in [0.2, 0.25) is 0 Å². The summed E-state index contributed by atoms with van der Waals surface area (Å²) in [6.45, 7) is 0. The molecule has 2 aromatic heterocycles. The van der Waals surface area contributed by atoms with Gasteiger partial charge in [0.05, 0.1) is 14.2 Å². The van der Waals surface area contributed by atoms with Crippen LogP contribution >= 0.6 is 11.8 Å². The fourth-order valence-corrected chi connectivity index (χ4v) is 4.10. The van der Waals surface area contributed by atoms with E-state index in [2.05, 4.69) is 4.98 Å². The molecular weight excluding hydrogens is 346 g/mol. The van der Waals surface area contributed by atoms with Gasteiger partial charge >= 0.3 is 0 Å². The highest BCUT2D eigenvalue weighted by atomic mass is 32.2. The van der Waals surface area contributed by atoms with Crippen molar-refractivity contribution in [2.24, 2.45) is 0 Å². The van der Waals surface area contributed by atoms with Crippen LogP contribution in [0.25, 0.3) is 11.4 Å². The summed E-state index contributed by atoms with van der Waals surface area (Å²) in [6, 6.07) is 9.83. The molecule has 0 saturated carbocycles. The number of pyridine rings is 1. The summed E-state index contributed by atoms with van der Waals surface area (Å²) < 4.78 is 10.7. The molecule has 0 N–H and O–H groups in total. The first kappa shape index (κ1) is 16.8. The van der Waals surface area contributed by atoms with Crippen LogP contribution in [0.4, 0.5) is 0 Å². The van der Waals surface area contributed by atoms with Crippen molar-refractivity contribution < 1.29 is 9.47 Å². The van der Waals surface area contributed by atoms with Crippen LogP contribution in [0.3, 0.4) is 0 Å². The summed E-state index contributed by atoms with van der Waals surface area (Å²) in [5.74, 6) is 2.20. The van der Waals surface area contributed by atoms with Crippen molar-refractivity contribution in [1.29, 1.82) is 0 Å². The Morgan fingerprint density at radius 2 is 1.73 bits per heavy atom. The first-order valence-electron chi connectivity index (χ1n) is 8.48. The number of benzene rings is 1. The molecule has 4 rings (SSSR count). The Balaban J connectivity index is 1.73. The van der Waals surface area contributed by atoms with Crippen LogP contribution in [0.1, 0.15) is 17.7 Å². The van der Waals surface area contributed by atoms with E-state index in [-0.39, 0.29) is 0 Å². The molecule has 2 heterocycles. The van der Waals surface area contributed by atoms with E-state index >= 15 is 0 Å². The second-order valence-corrected chi connectivity index (χ2v) is 7.05. The summed E-state index contributed by atoms with van der Waals surface area (Å²) in [5, 5.41) is 1.02. The molecule has 1 aromatic carbocycles. The van der Waals surface area contributed by atoms with Gasteiger partial charge in [-0.15, -0.1) is 0 Å². The Bertz CT molecular complexity index is 932. The second-order valence-electron chi connectivity index (χ2n) is 5.99. The molecule has 0 amide bonds. The van der Waals surface area contributed by atoms with Crippen LogP contribution in [-0.4, -0.2) is 29.2 Å². The summed E-state index contributed by atoms with van der Waals surface area (Å²) in [5.41, 5.74) is 3.42.